The molecule has 0 aliphatic heterocycles. The summed E-state index contributed by atoms with van der Waals surface area (Å²) in [6, 6.07) is 9.01. The topological polar surface area (TPSA) is 72.8 Å². The molecule has 0 radical (unpaired) electrons. The minimum Gasteiger partial charge on any atom is -0.462 e. The molecule has 0 bridgehead atoms. The fourth-order valence-corrected chi connectivity index (χ4v) is 6.37. The summed E-state index contributed by atoms with van der Waals surface area (Å²) in [5.74, 6) is 3.38. The first-order valence-electron chi connectivity index (χ1n) is 15.5. The molecule has 0 spiro atoms. The van der Waals surface area contributed by atoms with E-state index in [-0.39, 0.29) is 24.1 Å². The largest absolute Gasteiger partial charge is 0.462 e. The highest BCUT2D eigenvalue weighted by Gasteiger charge is 2.31. The lowest BCUT2D eigenvalue weighted by atomic mass is 9.68. The van der Waals surface area contributed by atoms with Crippen LogP contribution in [0.2, 0.25) is 0 Å². The molecule has 1 aromatic carbocycles. The van der Waals surface area contributed by atoms with Gasteiger partial charge in [-0.2, -0.15) is 0 Å². The fourth-order valence-electron chi connectivity index (χ4n) is 6.37. The molecule has 0 saturated heterocycles. The third-order valence-corrected chi connectivity index (χ3v) is 8.93. The van der Waals surface area contributed by atoms with E-state index >= 15 is 0 Å². The molecule has 0 amide bonds. The summed E-state index contributed by atoms with van der Waals surface area (Å²) in [4.78, 5) is 21.3. The molecule has 1 N–H and O–H groups in total. The van der Waals surface area contributed by atoms with Gasteiger partial charge >= 0.3 is 5.97 Å². The molecule has 1 aromatic rings. The Hall–Kier alpha value is -2.24. The Morgan fingerprint density at radius 3 is 2.05 bits per heavy atom. The molecule has 2 aliphatic carbocycles. The van der Waals surface area contributed by atoms with Gasteiger partial charge in [0.05, 0.1) is 13.2 Å². The van der Waals surface area contributed by atoms with Crippen molar-refractivity contribution in [1.29, 1.82) is 0 Å². The third-order valence-electron chi connectivity index (χ3n) is 8.93. The second-order valence-electron chi connectivity index (χ2n) is 12.0. The summed E-state index contributed by atoms with van der Waals surface area (Å²) in [6.07, 6.45) is 17.6. The zero-order valence-corrected chi connectivity index (χ0v) is 25.4. The van der Waals surface area contributed by atoms with Gasteiger partial charge in [0, 0.05) is 24.2 Å². The van der Waals surface area contributed by atoms with E-state index < -0.39 is 0 Å². The van der Waals surface area contributed by atoms with Gasteiger partial charge in [0.2, 0.25) is 0 Å². The second kappa shape index (κ2) is 19.0. The van der Waals surface area contributed by atoms with E-state index in [0.29, 0.717) is 31.0 Å². The minimum atomic E-state index is -0.334. The lowest BCUT2D eigenvalue weighted by Crippen LogP contribution is -2.25. The number of unbranched alkanes of at least 4 members (excludes halogenated alkanes) is 2. The normalized spacial score (nSPS) is 23.3. The molecule has 1 unspecified atom stereocenters. The average Bonchev–Trinajstić information content (AvgIpc) is 2.99. The maximum absolute atomic E-state index is 11.8. The summed E-state index contributed by atoms with van der Waals surface area (Å²) in [5, 5.41) is 8.00. The summed E-state index contributed by atoms with van der Waals surface area (Å²) < 4.78 is 10.8. The van der Waals surface area contributed by atoms with Crippen LogP contribution in [0.1, 0.15) is 114 Å². The van der Waals surface area contributed by atoms with Crippen LogP contribution < -0.4 is 0 Å². The van der Waals surface area contributed by atoms with Gasteiger partial charge in [-0.1, -0.05) is 82.9 Å². The Balaban J connectivity index is 0.000000840. The van der Waals surface area contributed by atoms with Crippen LogP contribution in [0, 0.1) is 17.8 Å². The molecule has 2 aliphatic rings. The van der Waals surface area contributed by atoms with Crippen LogP contribution in [0.15, 0.2) is 48.6 Å². The minimum absolute atomic E-state index is 0.0511. The first-order chi connectivity index (χ1) is 19.3. The molecule has 2 fully saturated rings. The Labute approximate surface area is 243 Å². The number of carbonyl (C=O) groups is 2. The van der Waals surface area contributed by atoms with E-state index in [2.05, 4.69) is 44.3 Å². The van der Waals surface area contributed by atoms with Crippen LogP contribution in [0.5, 0.6) is 0 Å². The van der Waals surface area contributed by atoms with Crippen molar-refractivity contribution in [3.63, 3.8) is 0 Å². The molecule has 40 heavy (non-hydrogen) atoms. The standard InChI is InChI=1S/C31H48O3.C4H6O2/c1-5-6-7-8-24-9-11-25(12-10-24)26-13-15-27(16-14-26)28-17-19-29(20-18-28)30(21-33-4)22-34-31(32)23(2)3;1-4(2-5)3-6/h17-20,24-27,30H,2,5-16,21-22H2,1,3-4H3;2,6H,1,3H2. The molecule has 3 rings (SSSR count). The lowest BCUT2D eigenvalue weighted by molar-refractivity contribution is -0.139. The third kappa shape index (κ3) is 11.7. The number of aliphatic hydroxyl groups is 1. The number of esters is 1. The van der Waals surface area contributed by atoms with E-state index in [4.69, 9.17) is 14.6 Å². The van der Waals surface area contributed by atoms with Crippen molar-refractivity contribution in [2.45, 2.75) is 103 Å². The SMILES string of the molecule is C=C(C)C(=O)OCC(COC)c1ccc(C2CCC(C3CCC(CCCCC)CC3)CC2)cc1.C=C(C=O)CO. The highest BCUT2D eigenvalue weighted by Crippen LogP contribution is 2.44. The summed E-state index contributed by atoms with van der Waals surface area (Å²) in [5.41, 5.74) is 3.29. The number of aliphatic hydroxyl groups excluding tert-OH is 1. The Morgan fingerprint density at radius 2 is 1.57 bits per heavy atom. The van der Waals surface area contributed by atoms with E-state index in [1.54, 1.807) is 14.0 Å². The monoisotopic (exact) mass is 554 g/mol. The number of hydrogen-bond acceptors (Lipinski definition) is 5. The Kier molecular flexibility index (Phi) is 16.1. The summed E-state index contributed by atoms with van der Waals surface area (Å²) in [6.45, 7) is 11.4. The molecule has 5 heteroatoms. The van der Waals surface area contributed by atoms with Gasteiger partial charge in [-0.15, -0.1) is 0 Å². The average molecular weight is 555 g/mol. The van der Waals surface area contributed by atoms with Gasteiger partial charge in [0.15, 0.2) is 0 Å². The second-order valence-corrected chi connectivity index (χ2v) is 12.0. The predicted octanol–water partition coefficient (Wildman–Crippen LogP) is 7.93. The van der Waals surface area contributed by atoms with Crippen LogP contribution in [0.25, 0.3) is 0 Å². The Bertz CT molecular complexity index is 889. The number of benzene rings is 1. The maximum Gasteiger partial charge on any atom is 0.333 e. The molecule has 224 valence electrons. The van der Waals surface area contributed by atoms with E-state index in [1.807, 2.05) is 0 Å². The number of rotatable bonds is 14. The molecular weight excluding hydrogens is 500 g/mol. The maximum atomic E-state index is 11.8. The van der Waals surface area contributed by atoms with Crippen molar-refractivity contribution in [1.82, 2.24) is 0 Å². The molecule has 1 atom stereocenters. The zero-order valence-electron chi connectivity index (χ0n) is 25.4. The molecule has 0 heterocycles. The van der Waals surface area contributed by atoms with Crippen LogP contribution in [0.4, 0.5) is 0 Å². The van der Waals surface area contributed by atoms with Crippen LogP contribution in [-0.4, -0.2) is 44.3 Å². The fraction of sp³-hybridized carbons (Fsp3) is 0.657. The highest BCUT2D eigenvalue weighted by atomic mass is 16.5. The number of aldehydes is 1. The van der Waals surface area contributed by atoms with E-state index in [9.17, 15) is 9.59 Å². The number of methoxy groups -OCH3 is 1. The summed E-state index contributed by atoms with van der Waals surface area (Å²) >= 11 is 0. The highest BCUT2D eigenvalue weighted by molar-refractivity contribution is 5.86. The molecule has 0 aromatic heterocycles. The number of carbonyl (C=O) groups excluding carboxylic acids is 2. The van der Waals surface area contributed by atoms with Gasteiger partial charge in [0.25, 0.3) is 0 Å². The molecule has 2 saturated carbocycles. The van der Waals surface area contributed by atoms with Crippen molar-refractivity contribution >= 4 is 12.3 Å². The smallest absolute Gasteiger partial charge is 0.333 e. The first-order valence-corrected chi connectivity index (χ1v) is 15.5. The van der Waals surface area contributed by atoms with Gasteiger partial charge in [-0.05, 0) is 80.2 Å². The lowest BCUT2D eigenvalue weighted by Gasteiger charge is -2.38. The zero-order chi connectivity index (χ0) is 29.3. The van der Waals surface area contributed by atoms with Crippen LogP contribution in [0.3, 0.4) is 0 Å². The van der Waals surface area contributed by atoms with Crippen molar-refractivity contribution in [2.75, 3.05) is 26.9 Å². The van der Waals surface area contributed by atoms with E-state index in [0.717, 1.165) is 17.8 Å². The van der Waals surface area contributed by atoms with Gasteiger partial charge in [0.1, 0.15) is 12.9 Å². The van der Waals surface area contributed by atoms with Crippen molar-refractivity contribution < 1.29 is 24.2 Å². The first kappa shape index (κ1) is 34.0. The van der Waals surface area contributed by atoms with Crippen LogP contribution >= 0.6 is 0 Å². The molecular formula is C35H54O5. The number of hydrogen-bond donors (Lipinski definition) is 1. The van der Waals surface area contributed by atoms with Crippen LogP contribution in [-0.2, 0) is 19.1 Å². The van der Waals surface area contributed by atoms with Crippen molar-refractivity contribution in [3.8, 4) is 0 Å². The molecule has 5 nitrogen and oxygen atoms in total. The van der Waals surface area contributed by atoms with Gasteiger partial charge in [-0.25, -0.2) is 4.79 Å². The van der Waals surface area contributed by atoms with Gasteiger partial charge in [-0.3, -0.25) is 4.79 Å². The van der Waals surface area contributed by atoms with Gasteiger partial charge < -0.3 is 14.6 Å². The number of ether oxygens (including phenoxy) is 2. The summed E-state index contributed by atoms with van der Waals surface area (Å²) in [7, 11) is 1.69. The van der Waals surface area contributed by atoms with Crippen molar-refractivity contribution in [2.24, 2.45) is 17.8 Å². The quantitative estimate of drug-likeness (QED) is 0.109. The van der Waals surface area contributed by atoms with Crippen molar-refractivity contribution in [3.05, 3.63) is 59.7 Å². The Morgan fingerprint density at radius 1 is 0.975 bits per heavy atom. The predicted molar refractivity (Wildman–Crippen MR) is 163 cm³/mol. The van der Waals surface area contributed by atoms with E-state index in [1.165, 1.54) is 88.2 Å².